The minimum Gasteiger partial charge on any atom is -0.340 e. The molecule has 0 aliphatic carbocycles. The lowest BCUT2D eigenvalue weighted by Crippen LogP contribution is -2.43. The highest BCUT2D eigenvalue weighted by Crippen LogP contribution is 2.25. The van der Waals surface area contributed by atoms with Crippen LogP contribution in [0.25, 0.3) is 0 Å². The van der Waals surface area contributed by atoms with Gasteiger partial charge in [-0.2, -0.15) is 4.31 Å². The fourth-order valence-corrected chi connectivity index (χ4v) is 5.62. The van der Waals surface area contributed by atoms with Crippen LogP contribution < -0.4 is 0 Å². The van der Waals surface area contributed by atoms with E-state index in [9.17, 15) is 13.2 Å². The number of hydrogen-bond acceptors (Lipinski definition) is 5. The number of nitrogens with zero attached hydrogens (tertiary/aromatic N) is 3. The summed E-state index contributed by atoms with van der Waals surface area (Å²) in [4.78, 5) is 19.3. The lowest BCUT2D eigenvalue weighted by molar-refractivity contribution is -0.136. The van der Waals surface area contributed by atoms with Gasteiger partial charge in [-0.3, -0.25) is 4.79 Å². The van der Waals surface area contributed by atoms with Crippen LogP contribution in [0.4, 0.5) is 0 Å². The Morgan fingerprint density at radius 3 is 2.46 bits per heavy atom. The van der Waals surface area contributed by atoms with Gasteiger partial charge in [-0.05, 0) is 38.3 Å². The lowest BCUT2D eigenvalue weighted by Gasteiger charge is -2.32. The summed E-state index contributed by atoms with van der Waals surface area (Å²) in [7, 11) is -1.70. The summed E-state index contributed by atoms with van der Waals surface area (Å²) >= 11 is 1.62. The van der Waals surface area contributed by atoms with E-state index in [1.54, 1.807) is 47.5 Å². The summed E-state index contributed by atoms with van der Waals surface area (Å²) in [5.74, 6) is -0.0721. The van der Waals surface area contributed by atoms with Gasteiger partial charge in [0.2, 0.25) is 15.9 Å². The zero-order valence-electron chi connectivity index (χ0n) is 16.6. The topological polar surface area (TPSA) is 70.6 Å². The largest absolute Gasteiger partial charge is 0.340 e. The number of hydrogen-bond donors (Lipinski definition) is 0. The Morgan fingerprint density at radius 2 is 1.89 bits per heavy atom. The van der Waals surface area contributed by atoms with Crippen molar-refractivity contribution >= 4 is 27.3 Å². The van der Waals surface area contributed by atoms with Crippen LogP contribution in [0.2, 0.25) is 0 Å². The molecule has 28 heavy (non-hydrogen) atoms. The average Bonchev–Trinajstić information content (AvgIpc) is 3.15. The summed E-state index contributed by atoms with van der Waals surface area (Å²) in [6.45, 7) is 5.24. The van der Waals surface area contributed by atoms with E-state index in [1.165, 1.54) is 4.31 Å². The van der Waals surface area contributed by atoms with Crippen molar-refractivity contribution in [2.75, 3.05) is 20.1 Å². The van der Waals surface area contributed by atoms with E-state index in [0.29, 0.717) is 37.4 Å². The summed E-state index contributed by atoms with van der Waals surface area (Å²) in [5, 5.41) is 3.07. The van der Waals surface area contributed by atoms with E-state index in [1.807, 2.05) is 12.3 Å². The van der Waals surface area contributed by atoms with Crippen molar-refractivity contribution in [1.29, 1.82) is 0 Å². The molecule has 1 saturated heterocycles. The molecular weight excluding hydrogens is 394 g/mol. The minimum absolute atomic E-state index is 0.0680. The van der Waals surface area contributed by atoms with E-state index in [4.69, 9.17) is 0 Å². The molecule has 0 bridgehead atoms. The van der Waals surface area contributed by atoms with Crippen LogP contribution >= 0.6 is 11.3 Å². The summed E-state index contributed by atoms with van der Waals surface area (Å²) in [6, 6.07) is 6.91. The molecule has 1 amide bonds. The smallest absolute Gasteiger partial charge is 0.243 e. The summed E-state index contributed by atoms with van der Waals surface area (Å²) < 4.78 is 27.1. The normalized spacial score (nSPS) is 16.2. The van der Waals surface area contributed by atoms with Crippen LogP contribution in [0.3, 0.4) is 0 Å². The van der Waals surface area contributed by atoms with E-state index < -0.39 is 10.0 Å². The molecule has 1 aliphatic rings. The second-order valence-corrected chi connectivity index (χ2v) is 10.2. The quantitative estimate of drug-likeness (QED) is 0.719. The number of thiazole rings is 1. The SMILES string of the molecule is CCc1nc(CN(C)C(=O)C2CCN(S(=O)(=O)c3ccc(C)cc3)CC2)cs1. The third-order valence-electron chi connectivity index (χ3n) is 5.14. The van der Waals surface area contributed by atoms with Crippen LogP contribution in [0, 0.1) is 12.8 Å². The fourth-order valence-electron chi connectivity index (χ4n) is 3.42. The van der Waals surface area contributed by atoms with Crippen LogP contribution in [0.5, 0.6) is 0 Å². The van der Waals surface area contributed by atoms with Crippen LogP contribution in [-0.4, -0.2) is 48.7 Å². The molecule has 6 nitrogen and oxygen atoms in total. The number of aryl methyl sites for hydroxylation is 2. The third-order valence-corrected chi connectivity index (χ3v) is 8.09. The number of benzene rings is 1. The Labute approximate surface area is 171 Å². The van der Waals surface area contributed by atoms with Crippen molar-refractivity contribution in [2.45, 2.75) is 44.6 Å². The Kier molecular flexibility index (Phi) is 6.52. The van der Waals surface area contributed by atoms with Crippen LogP contribution in [-0.2, 0) is 27.8 Å². The third kappa shape index (κ3) is 4.61. The van der Waals surface area contributed by atoms with Crippen molar-refractivity contribution in [3.05, 3.63) is 45.9 Å². The van der Waals surface area contributed by atoms with E-state index in [2.05, 4.69) is 11.9 Å². The van der Waals surface area contributed by atoms with Gasteiger partial charge >= 0.3 is 0 Å². The molecule has 2 heterocycles. The van der Waals surface area contributed by atoms with Gasteiger partial charge in [0.15, 0.2) is 0 Å². The van der Waals surface area contributed by atoms with Crippen molar-refractivity contribution < 1.29 is 13.2 Å². The van der Waals surface area contributed by atoms with Gasteiger partial charge in [-0.1, -0.05) is 24.6 Å². The van der Waals surface area contributed by atoms with Gasteiger partial charge in [0.05, 0.1) is 22.1 Å². The van der Waals surface area contributed by atoms with Gasteiger partial charge in [0.1, 0.15) is 0 Å². The van der Waals surface area contributed by atoms with E-state index >= 15 is 0 Å². The molecule has 0 atom stereocenters. The molecule has 0 radical (unpaired) electrons. The van der Waals surface area contributed by atoms with Crippen molar-refractivity contribution in [2.24, 2.45) is 5.92 Å². The Bertz CT molecular complexity index is 914. The van der Waals surface area contributed by atoms with Gasteiger partial charge in [0.25, 0.3) is 0 Å². The number of aromatic nitrogens is 1. The predicted octanol–water partition coefficient (Wildman–Crippen LogP) is 3.07. The van der Waals surface area contributed by atoms with Crippen LogP contribution in [0.15, 0.2) is 34.5 Å². The number of rotatable bonds is 6. The maximum Gasteiger partial charge on any atom is 0.243 e. The Balaban J connectivity index is 1.58. The monoisotopic (exact) mass is 421 g/mol. The Hall–Kier alpha value is -1.77. The number of sulfonamides is 1. The van der Waals surface area contributed by atoms with E-state index in [0.717, 1.165) is 22.7 Å². The molecule has 0 unspecified atom stereocenters. The first-order valence-corrected chi connectivity index (χ1v) is 11.9. The fraction of sp³-hybridized carbons (Fsp3) is 0.500. The molecule has 1 aromatic carbocycles. The number of piperidine rings is 1. The molecule has 1 aromatic heterocycles. The number of carbonyl (C=O) groups is 1. The molecule has 152 valence electrons. The summed E-state index contributed by atoms with van der Waals surface area (Å²) in [5.41, 5.74) is 1.94. The second-order valence-electron chi connectivity index (χ2n) is 7.27. The van der Waals surface area contributed by atoms with Crippen LogP contribution in [0.1, 0.15) is 36.0 Å². The maximum atomic E-state index is 12.8. The molecule has 0 N–H and O–H groups in total. The zero-order valence-corrected chi connectivity index (χ0v) is 18.2. The Morgan fingerprint density at radius 1 is 1.25 bits per heavy atom. The highest BCUT2D eigenvalue weighted by molar-refractivity contribution is 7.89. The highest BCUT2D eigenvalue weighted by Gasteiger charge is 2.33. The number of amides is 1. The molecule has 1 fully saturated rings. The average molecular weight is 422 g/mol. The van der Waals surface area contributed by atoms with E-state index in [-0.39, 0.29) is 11.8 Å². The second kappa shape index (κ2) is 8.71. The predicted molar refractivity (Wildman–Crippen MR) is 111 cm³/mol. The van der Waals surface area contributed by atoms with Crippen molar-refractivity contribution in [1.82, 2.24) is 14.2 Å². The first-order chi connectivity index (χ1) is 13.3. The van der Waals surface area contributed by atoms with Crippen molar-refractivity contribution in [3.8, 4) is 0 Å². The molecule has 0 saturated carbocycles. The van der Waals surface area contributed by atoms with Gasteiger partial charge in [-0.25, -0.2) is 13.4 Å². The van der Waals surface area contributed by atoms with Gasteiger partial charge in [0, 0.05) is 31.4 Å². The van der Waals surface area contributed by atoms with Crippen molar-refractivity contribution in [3.63, 3.8) is 0 Å². The molecule has 8 heteroatoms. The molecular formula is C20H27N3O3S2. The molecule has 3 rings (SSSR count). The van der Waals surface area contributed by atoms with Gasteiger partial charge in [-0.15, -0.1) is 11.3 Å². The zero-order chi connectivity index (χ0) is 20.3. The van der Waals surface area contributed by atoms with Gasteiger partial charge < -0.3 is 4.90 Å². The number of carbonyl (C=O) groups excluding carboxylic acids is 1. The first-order valence-electron chi connectivity index (χ1n) is 9.56. The maximum absolute atomic E-state index is 12.8. The standard InChI is InChI=1S/C20H27N3O3S2/c1-4-19-21-17(14-27-19)13-22(3)20(24)16-9-11-23(12-10-16)28(25,26)18-7-5-15(2)6-8-18/h5-8,14,16H,4,9-13H2,1-3H3. The first kappa shape index (κ1) is 21.0. The highest BCUT2D eigenvalue weighted by atomic mass is 32.2. The summed E-state index contributed by atoms with van der Waals surface area (Å²) in [6.07, 6.45) is 1.99. The molecule has 0 spiro atoms. The lowest BCUT2D eigenvalue weighted by atomic mass is 9.96. The molecule has 2 aromatic rings. The minimum atomic E-state index is -3.50. The molecule has 1 aliphatic heterocycles.